The van der Waals surface area contributed by atoms with Gasteiger partial charge in [0.15, 0.2) is 0 Å². The Labute approximate surface area is 145 Å². The zero-order chi connectivity index (χ0) is 17.8. The van der Waals surface area contributed by atoms with E-state index < -0.39 is 0 Å². The van der Waals surface area contributed by atoms with Crippen LogP contribution in [0.5, 0.6) is 0 Å². The van der Waals surface area contributed by atoms with E-state index in [1.54, 1.807) is 24.4 Å². The molecule has 3 aromatic rings. The van der Waals surface area contributed by atoms with Gasteiger partial charge in [-0.25, -0.2) is 4.39 Å². The first kappa shape index (κ1) is 16.6. The van der Waals surface area contributed by atoms with Crippen LogP contribution in [0.15, 0.2) is 60.9 Å². The first-order valence-corrected chi connectivity index (χ1v) is 7.87. The molecule has 2 N–H and O–H groups in total. The zero-order valence-corrected chi connectivity index (χ0v) is 14.0. The number of aryl methyl sites for hydroxylation is 2. The molecule has 0 aliphatic carbocycles. The van der Waals surface area contributed by atoms with Crippen LogP contribution in [0.2, 0.25) is 0 Å². The molecule has 0 spiro atoms. The third-order valence-electron chi connectivity index (χ3n) is 3.59. The number of nitrogens with zero attached hydrogens (tertiary/aromatic N) is 1. The fourth-order valence-corrected chi connectivity index (χ4v) is 2.62. The highest BCUT2D eigenvalue weighted by molar-refractivity contribution is 6.04. The Morgan fingerprint density at radius 3 is 2.40 bits per heavy atom. The average molecular weight is 335 g/mol. The van der Waals surface area contributed by atoms with Gasteiger partial charge in [-0.1, -0.05) is 12.1 Å². The molecule has 2 aromatic carbocycles. The summed E-state index contributed by atoms with van der Waals surface area (Å²) in [5.74, 6) is -0.581. The number of nitrogens with one attached hydrogen (secondary N) is 2. The van der Waals surface area contributed by atoms with E-state index in [0.29, 0.717) is 16.9 Å². The van der Waals surface area contributed by atoms with E-state index in [2.05, 4.69) is 15.6 Å². The quantitative estimate of drug-likeness (QED) is 0.718. The van der Waals surface area contributed by atoms with Gasteiger partial charge in [-0.3, -0.25) is 9.78 Å². The van der Waals surface area contributed by atoms with Gasteiger partial charge in [-0.2, -0.15) is 0 Å². The lowest BCUT2D eigenvalue weighted by Crippen LogP contribution is -2.12. The number of halogens is 1. The predicted octanol–water partition coefficient (Wildman–Crippen LogP) is 4.83. The molecule has 1 heterocycles. The first-order valence-electron chi connectivity index (χ1n) is 7.87. The fraction of sp³-hybridized carbons (Fsp3) is 0.100. The second-order valence-electron chi connectivity index (χ2n) is 5.93. The molecule has 0 bridgehead atoms. The Balaban J connectivity index is 1.77. The lowest BCUT2D eigenvalue weighted by Gasteiger charge is -2.10. The minimum atomic E-state index is -0.332. The summed E-state index contributed by atoms with van der Waals surface area (Å²) in [5.41, 5.74) is 4.52. The standard InChI is InChI=1S/C20H18FN3O/c1-13-6-14(2)8-18(7-13)24-20(25)15-9-19(12-22-11-15)23-17-5-3-4-16(21)10-17/h3-12,23H,1-2H3,(H,24,25). The highest BCUT2D eigenvalue weighted by atomic mass is 19.1. The summed E-state index contributed by atoms with van der Waals surface area (Å²) in [7, 11) is 0. The van der Waals surface area contributed by atoms with E-state index in [0.717, 1.165) is 16.8 Å². The van der Waals surface area contributed by atoms with Crippen molar-refractivity contribution in [3.63, 3.8) is 0 Å². The zero-order valence-electron chi connectivity index (χ0n) is 14.0. The third-order valence-corrected chi connectivity index (χ3v) is 3.59. The number of rotatable bonds is 4. The van der Waals surface area contributed by atoms with Crippen molar-refractivity contribution < 1.29 is 9.18 Å². The SMILES string of the molecule is Cc1cc(C)cc(NC(=O)c2cncc(Nc3cccc(F)c3)c2)c1. The summed E-state index contributed by atoms with van der Waals surface area (Å²) in [6, 6.07) is 13.6. The first-order chi connectivity index (χ1) is 12.0. The Hall–Kier alpha value is -3.21. The molecular weight excluding hydrogens is 317 g/mol. The minimum Gasteiger partial charge on any atom is -0.354 e. The highest BCUT2D eigenvalue weighted by Crippen LogP contribution is 2.19. The highest BCUT2D eigenvalue weighted by Gasteiger charge is 2.08. The van der Waals surface area contributed by atoms with Crippen molar-refractivity contribution in [2.75, 3.05) is 10.6 Å². The molecule has 25 heavy (non-hydrogen) atoms. The Morgan fingerprint density at radius 2 is 1.68 bits per heavy atom. The van der Waals surface area contributed by atoms with Crippen LogP contribution in [-0.2, 0) is 0 Å². The maximum absolute atomic E-state index is 13.3. The molecular formula is C20H18FN3O. The number of benzene rings is 2. The van der Waals surface area contributed by atoms with E-state index >= 15 is 0 Å². The molecule has 0 unspecified atom stereocenters. The molecule has 0 aliphatic rings. The van der Waals surface area contributed by atoms with Crippen LogP contribution >= 0.6 is 0 Å². The largest absolute Gasteiger partial charge is 0.354 e. The number of anilines is 3. The fourth-order valence-electron chi connectivity index (χ4n) is 2.62. The summed E-state index contributed by atoms with van der Waals surface area (Å²) in [6.45, 7) is 3.96. The smallest absolute Gasteiger partial charge is 0.257 e. The maximum atomic E-state index is 13.3. The molecule has 1 aromatic heterocycles. The van der Waals surface area contributed by atoms with Crippen LogP contribution in [-0.4, -0.2) is 10.9 Å². The molecule has 3 rings (SSSR count). The molecule has 0 aliphatic heterocycles. The van der Waals surface area contributed by atoms with Crippen molar-refractivity contribution >= 4 is 23.0 Å². The van der Waals surface area contributed by atoms with E-state index in [-0.39, 0.29) is 11.7 Å². The number of carbonyl (C=O) groups is 1. The summed E-state index contributed by atoms with van der Waals surface area (Å²) in [5, 5.41) is 5.91. The molecule has 0 radical (unpaired) electrons. The van der Waals surface area contributed by atoms with Crippen LogP contribution in [0, 0.1) is 19.7 Å². The predicted molar refractivity (Wildman–Crippen MR) is 97.8 cm³/mol. The number of amides is 1. The van der Waals surface area contributed by atoms with Gasteiger partial charge >= 0.3 is 0 Å². The van der Waals surface area contributed by atoms with Crippen molar-refractivity contribution in [2.45, 2.75) is 13.8 Å². The number of hydrogen-bond donors (Lipinski definition) is 2. The van der Waals surface area contributed by atoms with Crippen molar-refractivity contribution in [1.29, 1.82) is 0 Å². The van der Waals surface area contributed by atoms with Gasteiger partial charge in [0.1, 0.15) is 5.82 Å². The van der Waals surface area contributed by atoms with Crippen LogP contribution < -0.4 is 10.6 Å². The van der Waals surface area contributed by atoms with E-state index in [4.69, 9.17) is 0 Å². The van der Waals surface area contributed by atoms with Gasteiger partial charge in [-0.05, 0) is 61.4 Å². The molecule has 4 nitrogen and oxygen atoms in total. The van der Waals surface area contributed by atoms with Crippen LogP contribution in [0.4, 0.5) is 21.5 Å². The Bertz CT molecular complexity index is 904. The van der Waals surface area contributed by atoms with Crippen molar-refractivity contribution in [2.24, 2.45) is 0 Å². The van der Waals surface area contributed by atoms with E-state index in [9.17, 15) is 9.18 Å². The Morgan fingerprint density at radius 1 is 0.920 bits per heavy atom. The van der Waals surface area contributed by atoms with E-state index in [1.807, 2.05) is 32.0 Å². The lowest BCUT2D eigenvalue weighted by atomic mass is 10.1. The summed E-state index contributed by atoms with van der Waals surface area (Å²) in [4.78, 5) is 16.5. The van der Waals surface area contributed by atoms with Crippen molar-refractivity contribution in [3.05, 3.63) is 83.4 Å². The number of aromatic nitrogens is 1. The van der Waals surface area contributed by atoms with Crippen LogP contribution in [0.1, 0.15) is 21.5 Å². The molecule has 0 atom stereocenters. The van der Waals surface area contributed by atoms with Gasteiger partial charge in [0.05, 0.1) is 17.4 Å². The minimum absolute atomic E-state index is 0.250. The van der Waals surface area contributed by atoms with Gasteiger partial charge in [-0.15, -0.1) is 0 Å². The van der Waals surface area contributed by atoms with Crippen molar-refractivity contribution in [1.82, 2.24) is 4.98 Å². The second kappa shape index (κ2) is 7.13. The summed E-state index contributed by atoms with van der Waals surface area (Å²) >= 11 is 0. The number of carbonyl (C=O) groups excluding carboxylic acids is 1. The van der Waals surface area contributed by atoms with Crippen LogP contribution in [0.3, 0.4) is 0 Å². The Kier molecular flexibility index (Phi) is 4.75. The monoisotopic (exact) mass is 335 g/mol. The molecule has 5 heteroatoms. The topological polar surface area (TPSA) is 54.0 Å². The molecule has 1 amide bonds. The van der Waals surface area contributed by atoms with Crippen molar-refractivity contribution in [3.8, 4) is 0 Å². The van der Waals surface area contributed by atoms with Gasteiger partial charge in [0, 0.05) is 17.6 Å². The molecule has 126 valence electrons. The maximum Gasteiger partial charge on any atom is 0.257 e. The normalized spacial score (nSPS) is 10.4. The summed E-state index contributed by atoms with van der Waals surface area (Å²) < 4.78 is 13.3. The third kappa shape index (κ3) is 4.41. The van der Waals surface area contributed by atoms with Crippen LogP contribution in [0.25, 0.3) is 0 Å². The van der Waals surface area contributed by atoms with Gasteiger partial charge in [0.2, 0.25) is 0 Å². The van der Waals surface area contributed by atoms with Gasteiger partial charge in [0.25, 0.3) is 5.91 Å². The number of hydrogen-bond acceptors (Lipinski definition) is 3. The number of pyridine rings is 1. The summed E-state index contributed by atoms with van der Waals surface area (Å²) in [6.07, 6.45) is 3.08. The average Bonchev–Trinajstić information content (AvgIpc) is 2.54. The van der Waals surface area contributed by atoms with Gasteiger partial charge < -0.3 is 10.6 Å². The molecule has 0 fully saturated rings. The lowest BCUT2D eigenvalue weighted by molar-refractivity contribution is 0.102. The second-order valence-corrected chi connectivity index (χ2v) is 5.93. The molecule has 0 saturated heterocycles. The molecule has 0 saturated carbocycles. The van der Waals surface area contributed by atoms with E-state index in [1.165, 1.54) is 18.3 Å².